The van der Waals surface area contributed by atoms with Crippen LogP contribution in [-0.2, 0) is 16.7 Å². The minimum absolute atomic E-state index is 0.124. The number of ether oxygens (including phenoxy) is 1. The predicted molar refractivity (Wildman–Crippen MR) is 80.2 cm³/mol. The zero-order chi connectivity index (χ0) is 16.0. The molecule has 0 unspecified atom stereocenters. The first-order valence-electron chi connectivity index (χ1n) is 7.32. The van der Waals surface area contributed by atoms with Crippen molar-refractivity contribution in [3.63, 3.8) is 0 Å². The monoisotopic (exact) mass is 313 g/mol. The quantitative estimate of drug-likeness (QED) is 0.894. The minimum atomic E-state index is -0.304. The lowest BCUT2D eigenvalue weighted by Crippen LogP contribution is -2.45. The molecule has 0 saturated carbocycles. The molecular weight excluding hydrogens is 298 g/mol. The van der Waals surface area contributed by atoms with Gasteiger partial charge in [-0.2, -0.15) is 0 Å². The smallest absolute Gasteiger partial charge is 0.260 e. The van der Waals surface area contributed by atoms with Crippen molar-refractivity contribution in [2.75, 3.05) is 18.5 Å². The fourth-order valence-electron chi connectivity index (χ4n) is 2.94. The summed E-state index contributed by atoms with van der Waals surface area (Å²) in [7, 11) is 0. The minimum Gasteiger partial charge on any atom is -0.379 e. The topological polar surface area (TPSA) is 93.5 Å². The molecule has 0 radical (unpaired) electrons. The van der Waals surface area contributed by atoms with Crippen LogP contribution in [0.2, 0.25) is 0 Å². The van der Waals surface area contributed by atoms with E-state index < -0.39 is 0 Å². The number of anilines is 1. The summed E-state index contributed by atoms with van der Waals surface area (Å²) in [5.74, 6) is -0.428. The maximum Gasteiger partial charge on any atom is 0.260 e. The molecule has 7 nitrogen and oxygen atoms in total. The zero-order valence-electron chi connectivity index (χ0n) is 12.5. The van der Waals surface area contributed by atoms with E-state index in [0.29, 0.717) is 42.3 Å². The molecule has 2 amide bonds. The average molecular weight is 313 g/mol. The third-order valence-electron chi connectivity index (χ3n) is 4.32. The molecule has 23 heavy (non-hydrogen) atoms. The van der Waals surface area contributed by atoms with Crippen molar-refractivity contribution >= 4 is 17.5 Å². The number of nitrogens with zero attached hydrogens (tertiary/aromatic N) is 1. The molecule has 2 N–H and O–H groups in total. The summed E-state index contributed by atoms with van der Waals surface area (Å²) in [4.78, 5) is 24.3. The van der Waals surface area contributed by atoms with Gasteiger partial charge in [0.1, 0.15) is 17.5 Å². The second kappa shape index (κ2) is 4.92. The van der Waals surface area contributed by atoms with Gasteiger partial charge in [0.25, 0.3) is 11.8 Å². The number of fused-ring (bicyclic) bond motifs is 1. The fourth-order valence-corrected chi connectivity index (χ4v) is 2.94. The van der Waals surface area contributed by atoms with Gasteiger partial charge in [0, 0.05) is 23.4 Å². The van der Waals surface area contributed by atoms with E-state index in [9.17, 15) is 9.59 Å². The maximum atomic E-state index is 12.6. The van der Waals surface area contributed by atoms with E-state index in [2.05, 4.69) is 15.8 Å². The number of hydrogen-bond acceptors (Lipinski definition) is 5. The van der Waals surface area contributed by atoms with Crippen LogP contribution in [0, 0.1) is 0 Å². The molecule has 1 aromatic carbocycles. The molecule has 7 heteroatoms. The summed E-state index contributed by atoms with van der Waals surface area (Å²) in [5, 5.41) is 9.58. The molecule has 3 heterocycles. The second-order valence-corrected chi connectivity index (χ2v) is 6.10. The molecule has 1 fully saturated rings. The zero-order valence-corrected chi connectivity index (χ0v) is 12.5. The fraction of sp³-hybridized carbons (Fsp3) is 0.312. The summed E-state index contributed by atoms with van der Waals surface area (Å²) in [6.45, 7) is 3.42. The van der Waals surface area contributed by atoms with Gasteiger partial charge < -0.3 is 19.9 Å². The van der Waals surface area contributed by atoms with Gasteiger partial charge in [0.15, 0.2) is 0 Å². The third kappa shape index (κ3) is 2.12. The highest BCUT2D eigenvalue weighted by Crippen LogP contribution is 2.33. The Morgan fingerprint density at radius 1 is 1.39 bits per heavy atom. The first-order valence-corrected chi connectivity index (χ1v) is 7.32. The Kier molecular flexibility index (Phi) is 2.99. The molecule has 1 saturated heterocycles. The number of rotatable bonds is 3. The van der Waals surface area contributed by atoms with E-state index in [0.717, 1.165) is 5.56 Å². The Labute approximate surface area is 132 Å². The summed E-state index contributed by atoms with van der Waals surface area (Å²) in [5.41, 5.74) is 2.70. The highest BCUT2D eigenvalue weighted by Gasteiger charge is 2.41. The van der Waals surface area contributed by atoms with E-state index in [1.54, 1.807) is 18.2 Å². The number of aromatic nitrogens is 1. The Morgan fingerprint density at radius 3 is 2.96 bits per heavy atom. The largest absolute Gasteiger partial charge is 0.379 e. The van der Waals surface area contributed by atoms with Gasteiger partial charge >= 0.3 is 0 Å². The molecule has 0 aliphatic carbocycles. The van der Waals surface area contributed by atoms with Crippen LogP contribution in [0.25, 0.3) is 0 Å². The van der Waals surface area contributed by atoms with Crippen LogP contribution >= 0.6 is 0 Å². The lowest BCUT2D eigenvalue weighted by atomic mass is 9.83. The predicted octanol–water partition coefficient (Wildman–Crippen LogP) is 1.46. The van der Waals surface area contributed by atoms with E-state index in [1.165, 1.54) is 6.26 Å². The van der Waals surface area contributed by atoms with Crippen LogP contribution in [0.5, 0.6) is 0 Å². The lowest BCUT2D eigenvalue weighted by molar-refractivity contribution is -0.0534. The van der Waals surface area contributed by atoms with Crippen LogP contribution in [0.1, 0.15) is 38.9 Å². The Hall–Kier alpha value is -2.67. The molecular formula is C16H15N3O4. The Bertz CT molecular complexity index is 807. The Balaban J connectivity index is 1.63. The summed E-state index contributed by atoms with van der Waals surface area (Å²) in [6.07, 6.45) is 1.35. The third-order valence-corrected chi connectivity index (χ3v) is 4.32. The number of carbonyl (C=O) groups is 2. The molecule has 2 aliphatic heterocycles. The van der Waals surface area contributed by atoms with Gasteiger partial charge in [-0.25, -0.2) is 0 Å². The number of carbonyl (C=O) groups excluding carboxylic acids is 2. The Morgan fingerprint density at radius 2 is 2.22 bits per heavy atom. The van der Waals surface area contributed by atoms with Crippen LogP contribution in [-0.4, -0.2) is 30.2 Å². The maximum absolute atomic E-state index is 12.6. The van der Waals surface area contributed by atoms with E-state index in [-0.39, 0.29) is 17.2 Å². The highest BCUT2D eigenvalue weighted by molar-refractivity contribution is 6.07. The van der Waals surface area contributed by atoms with Crippen LogP contribution < -0.4 is 10.6 Å². The first-order chi connectivity index (χ1) is 11.1. The molecule has 0 bridgehead atoms. The van der Waals surface area contributed by atoms with Crippen molar-refractivity contribution in [1.82, 2.24) is 10.5 Å². The first kappa shape index (κ1) is 14.0. The van der Waals surface area contributed by atoms with Gasteiger partial charge in [0.2, 0.25) is 0 Å². The summed E-state index contributed by atoms with van der Waals surface area (Å²) < 4.78 is 10.2. The molecule has 0 atom stereocenters. The van der Waals surface area contributed by atoms with Crippen molar-refractivity contribution < 1.29 is 18.8 Å². The molecule has 0 spiro atoms. The molecule has 4 rings (SSSR count). The van der Waals surface area contributed by atoms with E-state index in [1.807, 2.05) is 6.92 Å². The molecule has 2 aliphatic rings. The SMILES string of the molecule is CC1(c2nocc2C(=O)Nc2cccc3c2CNC3=O)COC1. The number of benzene rings is 1. The van der Waals surface area contributed by atoms with Crippen molar-refractivity contribution in [3.05, 3.63) is 46.8 Å². The standard InChI is InChI=1S/C16H15N3O4/c1-16(7-22-8-16)13-11(6-23-19-13)15(21)18-12-4-2-3-9-10(12)5-17-14(9)20/h2-4,6H,5,7-8H2,1H3,(H,17,20)(H,18,21). The molecule has 1 aromatic heterocycles. The van der Waals surface area contributed by atoms with Crippen molar-refractivity contribution in [3.8, 4) is 0 Å². The number of amides is 2. The summed E-state index contributed by atoms with van der Waals surface area (Å²) in [6, 6.07) is 5.26. The van der Waals surface area contributed by atoms with Crippen LogP contribution in [0.3, 0.4) is 0 Å². The average Bonchev–Trinajstić information content (AvgIpc) is 3.13. The van der Waals surface area contributed by atoms with E-state index >= 15 is 0 Å². The number of hydrogen-bond donors (Lipinski definition) is 2. The molecule has 118 valence electrons. The van der Waals surface area contributed by atoms with Crippen LogP contribution in [0.15, 0.2) is 29.0 Å². The highest BCUT2D eigenvalue weighted by atomic mass is 16.5. The lowest BCUT2D eigenvalue weighted by Gasteiger charge is -2.36. The van der Waals surface area contributed by atoms with Gasteiger partial charge in [-0.1, -0.05) is 11.2 Å². The normalized spacial score (nSPS) is 18.0. The van der Waals surface area contributed by atoms with E-state index in [4.69, 9.17) is 9.26 Å². The van der Waals surface area contributed by atoms with Crippen molar-refractivity contribution in [1.29, 1.82) is 0 Å². The van der Waals surface area contributed by atoms with Crippen molar-refractivity contribution in [2.24, 2.45) is 0 Å². The van der Waals surface area contributed by atoms with Gasteiger partial charge in [0.05, 0.1) is 18.6 Å². The van der Waals surface area contributed by atoms with Gasteiger partial charge in [-0.15, -0.1) is 0 Å². The van der Waals surface area contributed by atoms with Crippen molar-refractivity contribution in [2.45, 2.75) is 18.9 Å². The second-order valence-electron chi connectivity index (χ2n) is 6.10. The van der Waals surface area contributed by atoms with Gasteiger partial charge in [-0.05, 0) is 19.1 Å². The van der Waals surface area contributed by atoms with Crippen LogP contribution in [0.4, 0.5) is 5.69 Å². The summed E-state index contributed by atoms with van der Waals surface area (Å²) >= 11 is 0. The van der Waals surface area contributed by atoms with Gasteiger partial charge in [-0.3, -0.25) is 9.59 Å². The number of nitrogens with one attached hydrogen (secondary N) is 2. The molecule has 2 aromatic rings.